The zero-order valence-electron chi connectivity index (χ0n) is 14.1. The van der Waals surface area contributed by atoms with E-state index in [0.717, 1.165) is 18.7 Å². The molecular formula is C17H18ClN5O2. The van der Waals surface area contributed by atoms with E-state index < -0.39 is 0 Å². The van der Waals surface area contributed by atoms with Gasteiger partial charge in [0.1, 0.15) is 0 Å². The molecule has 130 valence electrons. The largest absolute Gasteiger partial charge is 0.332 e. The molecule has 3 heterocycles. The van der Waals surface area contributed by atoms with Crippen LogP contribution in [0.1, 0.15) is 13.3 Å². The van der Waals surface area contributed by atoms with Crippen LogP contribution in [0.5, 0.6) is 0 Å². The predicted molar refractivity (Wildman–Crippen MR) is 98.0 cm³/mol. The summed E-state index contributed by atoms with van der Waals surface area (Å²) in [5, 5.41) is 0.668. The third kappa shape index (κ3) is 2.30. The van der Waals surface area contributed by atoms with E-state index in [4.69, 9.17) is 11.6 Å². The molecule has 1 aliphatic heterocycles. The van der Waals surface area contributed by atoms with E-state index in [2.05, 4.69) is 4.98 Å². The van der Waals surface area contributed by atoms with E-state index >= 15 is 0 Å². The normalized spacial score (nSPS) is 13.6. The van der Waals surface area contributed by atoms with Gasteiger partial charge in [-0.2, -0.15) is 4.98 Å². The average molecular weight is 360 g/mol. The van der Waals surface area contributed by atoms with Crippen molar-refractivity contribution in [2.75, 3.05) is 11.4 Å². The minimum Gasteiger partial charge on any atom is -0.310 e. The van der Waals surface area contributed by atoms with Crippen molar-refractivity contribution in [1.29, 1.82) is 0 Å². The molecule has 2 aromatic heterocycles. The van der Waals surface area contributed by atoms with E-state index in [1.807, 2.05) is 40.7 Å². The summed E-state index contributed by atoms with van der Waals surface area (Å²) >= 11 is 5.97. The molecule has 0 amide bonds. The Balaban J connectivity index is 1.95. The third-order valence-corrected chi connectivity index (χ3v) is 4.84. The first-order valence-electron chi connectivity index (χ1n) is 8.26. The molecule has 3 aromatic rings. The van der Waals surface area contributed by atoms with E-state index in [0.29, 0.717) is 35.2 Å². The predicted octanol–water partition coefficient (Wildman–Crippen LogP) is 2.11. The SMILES string of the molecule is CCCn1c(=O)c2c(nc3n2CCN3c2ccc(Cl)cc2)n(C)c1=O. The van der Waals surface area contributed by atoms with Crippen molar-refractivity contribution in [3.63, 3.8) is 0 Å². The summed E-state index contributed by atoms with van der Waals surface area (Å²) in [7, 11) is 1.66. The molecule has 25 heavy (non-hydrogen) atoms. The van der Waals surface area contributed by atoms with E-state index in [-0.39, 0.29) is 11.2 Å². The molecule has 0 unspecified atom stereocenters. The number of benzene rings is 1. The smallest absolute Gasteiger partial charge is 0.310 e. The Morgan fingerprint density at radius 3 is 2.56 bits per heavy atom. The number of aryl methyl sites for hydroxylation is 1. The van der Waals surface area contributed by atoms with Crippen LogP contribution in [0.3, 0.4) is 0 Å². The highest BCUT2D eigenvalue weighted by molar-refractivity contribution is 6.30. The van der Waals surface area contributed by atoms with Gasteiger partial charge in [0.2, 0.25) is 5.95 Å². The van der Waals surface area contributed by atoms with Crippen LogP contribution < -0.4 is 16.1 Å². The lowest BCUT2D eigenvalue weighted by Crippen LogP contribution is -2.39. The lowest BCUT2D eigenvalue weighted by atomic mass is 10.3. The van der Waals surface area contributed by atoms with Gasteiger partial charge in [-0.3, -0.25) is 13.9 Å². The Labute approximate surface area is 148 Å². The van der Waals surface area contributed by atoms with Gasteiger partial charge in [0.05, 0.1) is 0 Å². The second-order valence-corrected chi connectivity index (χ2v) is 6.60. The number of aromatic nitrogens is 4. The average Bonchev–Trinajstić information content (AvgIpc) is 3.17. The molecule has 0 N–H and O–H groups in total. The van der Waals surface area contributed by atoms with Gasteiger partial charge in [-0.1, -0.05) is 18.5 Å². The Kier molecular flexibility index (Phi) is 3.68. The Bertz CT molecular complexity index is 1080. The number of nitrogens with zero attached hydrogens (tertiary/aromatic N) is 5. The van der Waals surface area contributed by atoms with Gasteiger partial charge in [0, 0.05) is 37.4 Å². The maximum atomic E-state index is 12.9. The van der Waals surface area contributed by atoms with Crippen molar-refractivity contribution in [2.45, 2.75) is 26.4 Å². The Morgan fingerprint density at radius 2 is 1.88 bits per heavy atom. The summed E-state index contributed by atoms with van der Waals surface area (Å²) in [5.41, 5.74) is 1.28. The highest BCUT2D eigenvalue weighted by Crippen LogP contribution is 2.32. The molecular weight excluding hydrogens is 342 g/mol. The maximum absolute atomic E-state index is 12.9. The number of hydrogen-bond donors (Lipinski definition) is 0. The number of fused-ring (bicyclic) bond motifs is 3. The van der Waals surface area contributed by atoms with Crippen LogP contribution in [-0.4, -0.2) is 25.2 Å². The number of imidazole rings is 1. The number of hydrogen-bond acceptors (Lipinski definition) is 4. The fourth-order valence-electron chi connectivity index (χ4n) is 3.36. The Morgan fingerprint density at radius 1 is 1.16 bits per heavy atom. The van der Waals surface area contributed by atoms with Gasteiger partial charge in [0.25, 0.3) is 5.56 Å². The molecule has 0 spiro atoms. The van der Waals surface area contributed by atoms with Gasteiger partial charge in [0.15, 0.2) is 11.2 Å². The van der Waals surface area contributed by atoms with Crippen LogP contribution in [0.4, 0.5) is 11.6 Å². The van der Waals surface area contributed by atoms with Gasteiger partial charge in [-0.15, -0.1) is 0 Å². The van der Waals surface area contributed by atoms with E-state index in [1.54, 1.807) is 7.05 Å². The Hall–Kier alpha value is -2.54. The van der Waals surface area contributed by atoms with Crippen LogP contribution in [0.2, 0.25) is 5.02 Å². The van der Waals surface area contributed by atoms with Crippen LogP contribution in [-0.2, 0) is 20.1 Å². The fraction of sp³-hybridized carbons (Fsp3) is 0.353. The van der Waals surface area contributed by atoms with Crippen LogP contribution in [0.25, 0.3) is 11.2 Å². The summed E-state index contributed by atoms with van der Waals surface area (Å²) in [6, 6.07) is 7.50. The van der Waals surface area contributed by atoms with Crippen molar-refractivity contribution in [3.8, 4) is 0 Å². The van der Waals surface area contributed by atoms with Crippen LogP contribution in [0.15, 0.2) is 33.9 Å². The molecule has 7 nitrogen and oxygen atoms in total. The summed E-state index contributed by atoms with van der Waals surface area (Å²) < 4.78 is 4.65. The molecule has 0 saturated carbocycles. The monoisotopic (exact) mass is 359 g/mol. The summed E-state index contributed by atoms with van der Waals surface area (Å²) in [6.45, 7) is 3.71. The van der Waals surface area contributed by atoms with Crippen molar-refractivity contribution < 1.29 is 0 Å². The zero-order chi connectivity index (χ0) is 17.7. The van der Waals surface area contributed by atoms with Gasteiger partial charge >= 0.3 is 5.69 Å². The maximum Gasteiger partial charge on any atom is 0.332 e. The molecule has 8 heteroatoms. The van der Waals surface area contributed by atoms with Crippen molar-refractivity contribution in [2.24, 2.45) is 7.05 Å². The number of rotatable bonds is 3. The zero-order valence-corrected chi connectivity index (χ0v) is 14.8. The van der Waals surface area contributed by atoms with E-state index in [9.17, 15) is 9.59 Å². The summed E-state index contributed by atoms with van der Waals surface area (Å²) in [5.74, 6) is 0.679. The van der Waals surface area contributed by atoms with Crippen LogP contribution in [0, 0.1) is 0 Å². The second-order valence-electron chi connectivity index (χ2n) is 6.16. The minimum atomic E-state index is -0.325. The topological polar surface area (TPSA) is 65.1 Å². The van der Waals surface area contributed by atoms with Crippen molar-refractivity contribution in [3.05, 3.63) is 50.1 Å². The van der Waals surface area contributed by atoms with E-state index in [1.165, 1.54) is 9.13 Å². The fourth-order valence-corrected chi connectivity index (χ4v) is 3.49. The quantitative estimate of drug-likeness (QED) is 0.718. The summed E-state index contributed by atoms with van der Waals surface area (Å²) in [6.07, 6.45) is 0.721. The lowest BCUT2D eigenvalue weighted by Gasteiger charge is -2.15. The second kappa shape index (κ2) is 5.77. The molecule has 0 bridgehead atoms. The number of anilines is 2. The first-order chi connectivity index (χ1) is 12.0. The van der Waals surface area contributed by atoms with Gasteiger partial charge in [-0.25, -0.2) is 4.79 Å². The highest BCUT2D eigenvalue weighted by atomic mass is 35.5. The first-order valence-corrected chi connectivity index (χ1v) is 8.64. The molecule has 0 aliphatic carbocycles. The minimum absolute atomic E-state index is 0.267. The van der Waals surface area contributed by atoms with Gasteiger partial charge in [-0.05, 0) is 30.7 Å². The molecule has 0 fully saturated rings. The molecule has 1 aliphatic rings. The number of halogens is 1. The van der Waals surface area contributed by atoms with Crippen LogP contribution >= 0.6 is 11.6 Å². The molecule has 0 atom stereocenters. The van der Waals surface area contributed by atoms with Crippen molar-refractivity contribution >= 4 is 34.4 Å². The highest BCUT2D eigenvalue weighted by Gasteiger charge is 2.28. The molecule has 0 saturated heterocycles. The van der Waals surface area contributed by atoms with Crippen molar-refractivity contribution in [1.82, 2.24) is 18.7 Å². The summed E-state index contributed by atoms with van der Waals surface area (Å²) in [4.78, 5) is 31.9. The standard InChI is InChI=1S/C17H18ClN5O2/c1-3-8-23-15(24)13-14(20(2)17(23)25)19-16-21(9-10-22(13)16)12-6-4-11(18)5-7-12/h4-7H,3,8-10H2,1-2H3. The molecule has 1 aromatic carbocycles. The van der Waals surface area contributed by atoms with Gasteiger partial charge < -0.3 is 9.47 Å². The first kappa shape index (κ1) is 16.0. The third-order valence-electron chi connectivity index (χ3n) is 4.59. The molecule has 0 radical (unpaired) electrons. The molecule has 4 rings (SSSR count). The lowest BCUT2D eigenvalue weighted by molar-refractivity contribution is 0.590.